The summed E-state index contributed by atoms with van der Waals surface area (Å²) in [6.45, 7) is 45.6. The molecule has 0 radical (unpaired) electrons. The number of aryl methyl sites for hydroxylation is 6. The molecule has 0 atom stereocenters. The first-order valence-electron chi connectivity index (χ1n) is 32.1. The Morgan fingerprint density at radius 1 is 0.298 bits per heavy atom. The van der Waals surface area contributed by atoms with Gasteiger partial charge in [-0.05, 0) is 119 Å². The predicted molar refractivity (Wildman–Crippen MR) is 368 cm³/mol. The van der Waals surface area contributed by atoms with E-state index in [0.29, 0.717) is 83.8 Å². The van der Waals surface area contributed by atoms with Crippen LogP contribution in [0.15, 0.2) is 158 Å². The van der Waals surface area contributed by atoms with Crippen molar-refractivity contribution < 1.29 is 93.3 Å². The summed E-state index contributed by atoms with van der Waals surface area (Å²) in [4.78, 5) is 4.09. The summed E-state index contributed by atoms with van der Waals surface area (Å²) in [5.41, 5.74) is 13.1. The molecule has 8 rings (SSSR count). The van der Waals surface area contributed by atoms with E-state index in [1.807, 2.05) is 147 Å². The second-order valence-electron chi connectivity index (χ2n) is 29.1. The largest absolute Gasteiger partial charge is 4.00 e. The first kappa shape index (κ1) is 86.2. The molecule has 0 amide bonds. The Hall–Kier alpha value is -5.83. The fourth-order valence-corrected chi connectivity index (χ4v) is 10.0. The summed E-state index contributed by atoms with van der Waals surface area (Å²) in [5.74, 6) is 0.0135. The van der Waals surface area contributed by atoms with Crippen LogP contribution in [0, 0.1) is 41.5 Å². The van der Waals surface area contributed by atoms with Crippen LogP contribution in [0.4, 0.5) is 0 Å². The second kappa shape index (κ2) is 39.4. The predicted octanol–water partition coefficient (Wildman–Crippen LogP) is 14.1. The van der Waals surface area contributed by atoms with Gasteiger partial charge in [0.05, 0.1) is 0 Å². The van der Waals surface area contributed by atoms with Crippen LogP contribution in [0.25, 0.3) is 0 Å². The molecule has 0 fully saturated rings. The van der Waals surface area contributed by atoms with Crippen molar-refractivity contribution in [3.63, 3.8) is 0 Å². The Morgan fingerprint density at radius 2 is 0.543 bits per heavy atom. The summed E-state index contributed by atoms with van der Waals surface area (Å²) < 4.78 is 0. The minimum atomic E-state index is -0.417. The number of rotatable bonds is 12. The average Bonchev–Trinajstić information content (AvgIpc) is 0.791. The number of nitrogens with zero attached hydrogens (tertiary/aromatic N) is 2. The van der Waals surface area contributed by atoms with E-state index < -0.39 is 12.2 Å². The van der Waals surface area contributed by atoms with E-state index >= 15 is 0 Å². The summed E-state index contributed by atoms with van der Waals surface area (Å²) >= 11 is 0. The van der Waals surface area contributed by atoms with Gasteiger partial charge in [0.25, 0.3) is 0 Å². The number of benzene rings is 8. The van der Waals surface area contributed by atoms with Gasteiger partial charge in [0.1, 0.15) is 0 Å². The van der Waals surface area contributed by atoms with E-state index in [1.165, 1.54) is 11.1 Å². The maximum atomic E-state index is 13.6. The van der Waals surface area contributed by atoms with Crippen LogP contribution in [0.1, 0.15) is 200 Å². The molecule has 0 bridgehead atoms. The molecule has 0 aliphatic carbocycles. The Bertz CT molecular complexity index is 3300. The quantitative estimate of drug-likeness (QED) is 0.114. The van der Waals surface area contributed by atoms with Crippen molar-refractivity contribution in [2.75, 3.05) is 0 Å². The van der Waals surface area contributed by atoms with E-state index in [4.69, 9.17) is 0 Å². The third-order valence-corrected chi connectivity index (χ3v) is 14.9. The van der Waals surface area contributed by atoms with Crippen molar-refractivity contribution in [1.82, 2.24) is 9.80 Å². The zero-order valence-electron chi connectivity index (χ0n) is 60.6. The van der Waals surface area contributed by atoms with Crippen molar-refractivity contribution in [2.45, 2.75) is 225 Å². The van der Waals surface area contributed by atoms with E-state index in [-0.39, 0.29) is 109 Å². The van der Waals surface area contributed by atoms with Gasteiger partial charge in [0.2, 0.25) is 0 Å². The van der Waals surface area contributed by atoms with Gasteiger partial charge in [-0.2, -0.15) is 0 Å². The molecule has 12 heteroatoms. The maximum absolute atomic E-state index is 13.6. The van der Waals surface area contributed by atoms with Crippen molar-refractivity contribution >= 4 is 0 Å². The smallest absolute Gasteiger partial charge is 0.872 e. The fraction of sp³-hybridized carbons (Fsp3) is 0.415. The molecular weight excluding hydrogens is 1320 g/mol. The van der Waals surface area contributed by atoms with Crippen molar-refractivity contribution in [3.05, 3.63) is 247 Å². The third-order valence-electron chi connectivity index (χ3n) is 14.9. The average molecular weight is 1430 g/mol. The van der Waals surface area contributed by atoms with Crippen LogP contribution in [0.3, 0.4) is 0 Å². The molecule has 0 saturated carbocycles. The molecule has 8 aromatic carbocycles. The SMILES string of the molecule is CC(C)[O-].CC(C)[O-].Cc1cc(C)c([O-])c(CN(Cc2ccccc2[O-])Cc2cc(C(C)(C)C)cc(C(C)(C)C)c2[O-])c1.Cc1cc(C)c([O-])c(CN(Cc2ccccc2[O-])Cc2cc(C(C)(C)C)cc(C(C)(C)C)c2[O-])c1.Cc1ccccc1.Cc1ccccc1.[Zr+4].[Zr+4]. The van der Waals surface area contributed by atoms with Gasteiger partial charge >= 0.3 is 52.4 Å². The van der Waals surface area contributed by atoms with Gasteiger partial charge in [0.15, 0.2) is 0 Å². The molecule has 500 valence electrons. The third kappa shape index (κ3) is 30.1. The molecule has 0 aromatic heterocycles. The first-order chi connectivity index (χ1) is 42.6. The Labute approximate surface area is 605 Å². The molecule has 0 spiro atoms. The standard InChI is InChI=1S/2C31H41NO3.2C7H8.2C3H7O.2Zr/c2*1-20-13-21(2)28(34)23(14-20)18-32(17-22-11-9-10-12-27(22)33)19-24-15-25(30(3,4)5)16-26(29(24)35)31(6,7)8;2*1-7-5-3-2-4-6-7;2*1-3(2)4;;/h2*9-16,33-35H,17-19H2,1-8H3;2*2-6H,1H3;2*3H,1-2H3;;/q;;;;2*-1;2*+4/p-6. The minimum absolute atomic E-state index is 0. The van der Waals surface area contributed by atoms with Crippen molar-refractivity contribution in [2.24, 2.45) is 0 Å². The van der Waals surface area contributed by atoms with Crippen molar-refractivity contribution in [3.8, 4) is 34.5 Å². The van der Waals surface area contributed by atoms with Gasteiger partial charge in [-0.1, -0.05) is 302 Å². The molecule has 0 aliphatic rings. The summed E-state index contributed by atoms with van der Waals surface area (Å²) in [5, 5.41) is 97.2. The van der Waals surface area contributed by atoms with Gasteiger partial charge in [-0.25, -0.2) is 0 Å². The molecule has 0 unspecified atom stereocenters. The molecule has 0 aliphatic heterocycles. The number of hydrogen-bond acceptors (Lipinski definition) is 10. The molecular formula is C82H106N2O8Zr2. The maximum Gasteiger partial charge on any atom is 4.00 e. The molecule has 10 nitrogen and oxygen atoms in total. The molecule has 0 saturated heterocycles. The van der Waals surface area contributed by atoms with Gasteiger partial charge in [0, 0.05) is 39.3 Å². The zero-order valence-corrected chi connectivity index (χ0v) is 65.5. The van der Waals surface area contributed by atoms with Crippen LogP contribution < -0.4 is 40.9 Å². The minimum Gasteiger partial charge on any atom is -0.872 e. The van der Waals surface area contributed by atoms with Crippen molar-refractivity contribution in [1.29, 1.82) is 0 Å². The number of para-hydroxylation sites is 2. The summed E-state index contributed by atoms with van der Waals surface area (Å²) in [6.07, 6.45) is -0.833. The van der Waals surface area contributed by atoms with Crippen LogP contribution in [0.2, 0.25) is 0 Å². The molecule has 0 heterocycles. The molecule has 8 aromatic rings. The normalized spacial score (nSPS) is 11.3. The summed E-state index contributed by atoms with van der Waals surface area (Å²) in [7, 11) is 0. The summed E-state index contributed by atoms with van der Waals surface area (Å²) in [6, 6.07) is 50.1. The van der Waals surface area contributed by atoms with Gasteiger partial charge in [-0.3, -0.25) is 9.80 Å². The Balaban J connectivity index is 0.000000696. The van der Waals surface area contributed by atoms with E-state index in [1.54, 1.807) is 52.0 Å². The van der Waals surface area contributed by atoms with E-state index in [0.717, 1.165) is 33.4 Å². The number of hydrogen-bond donors (Lipinski definition) is 0. The topological polar surface area (TPSA) is 191 Å². The van der Waals surface area contributed by atoms with Crippen LogP contribution in [-0.4, -0.2) is 22.0 Å². The van der Waals surface area contributed by atoms with Crippen LogP contribution >= 0.6 is 0 Å². The fourth-order valence-electron chi connectivity index (χ4n) is 10.0. The Morgan fingerprint density at radius 3 is 0.777 bits per heavy atom. The molecule has 0 N–H and O–H groups in total. The zero-order chi connectivity index (χ0) is 69.6. The van der Waals surface area contributed by atoms with Gasteiger partial charge < -0.3 is 40.9 Å². The van der Waals surface area contributed by atoms with Crippen LogP contribution in [0.5, 0.6) is 34.5 Å². The van der Waals surface area contributed by atoms with Gasteiger partial charge in [-0.15, -0.1) is 46.7 Å². The first-order valence-corrected chi connectivity index (χ1v) is 32.1. The second-order valence-corrected chi connectivity index (χ2v) is 29.1. The van der Waals surface area contributed by atoms with Crippen LogP contribution in [-0.2, 0) is 113 Å². The molecule has 94 heavy (non-hydrogen) atoms. The van der Waals surface area contributed by atoms with E-state index in [2.05, 4.69) is 121 Å². The van der Waals surface area contributed by atoms with E-state index in [9.17, 15) is 40.9 Å². The monoisotopic (exact) mass is 1430 g/mol. The Kier molecular flexibility index (Phi) is 36.1.